The standard InChI is InChI=1S/C27H32FN5O6/c1-13-22(26(36)32-18-6-7-33(10-19(18)35)27(37)14(2)34)24-25(31-13)23(29-12-30-24)16-8-17(28)21(38-3)9-20(16)39-11-15-4-5-15/h8-9,12,14-15,18-19,31,34-35H,4-7,10-11H2,1-3H3,(H,32,36)/t14-,18+,19-/m0/s1. The Hall–Kier alpha value is -3.77. The van der Waals surface area contributed by atoms with Gasteiger partial charge in [-0.3, -0.25) is 9.59 Å². The van der Waals surface area contributed by atoms with Gasteiger partial charge in [0.05, 0.1) is 36.9 Å². The number of methoxy groups -OCH3 is 1. The summed E-state index contributed by atoms with van der Waals surface area (Å²) in [5.41, 5.74) is 2.36. The second-order valence-electron chi connectivity index (χ2n) is 10.2. The molecule has 1 aliphatic heterocycles. The number of hydrogen-bond acceptors (Lipinski definition) is 8. The number of β-amino-alcohol motifs (C(OH)–C–C–N with tert-alkyl or cyclic N) is 1. The van der Waals surface area contributed by atoms with Crippen LogP contribution in [0.15, 0.2) is 18.5 Å². The van der Waals surface area contributed by atoms with Gasteiger partial charge in [0.1, 0.15) is 29.4 Å². The number of aliphatic hydroxyl groups is 2. The number of aromatic amines is 1. The molecule has 11 nitrogen and oxygen atoms in total. The summed E-state index contributed by atoms with van der Waals surface area (Å²) in [6, 6.07) is 2.21. The predicted octanol–water partition coefficient (Wildman–Crippen LogP) is 1.94. The number of carbonyl (C=O) groups excluding carboxylic acids is 2. The van der Waals surface area contributed by atoms with Crippen LogP contribution in [0.3, 0.4) is 0 Å². The zero-order chi connectivity index (χ0) is 27.8. The van der Waals surface area contributed by atoms with E-state index in [1.165, 1.54) is 37.4 Å². The van der Waals surface area contributed by atoms with Crippen molar-refractivity contribution in [1.29, 1.82) is 0 Å². The highest BCUT2D eigenvalue weighted by atomic mass is 19.1. The van der Waals surface area contributed by atoms with Crippen LogP contribution in [0.25, 0.3) is 22.3 Å². The lowest BCUT2D eigenvalue weighted by atomic mass is 10.0. The number of H-pyrrole nitrogens is 1. The topological polar surface area (TPSA) is 150 Å². The number of rotatable bonds is 8. The Kier molecular flexibility index (Phi) is 7.41. The van der Waals surface area contributed by atoms with Crippen molar-refractivity contribution in [1.82, 2.24) is 25.2 Å². The number of aromatic nitrogens is 3. The second kappa shape index (κ2) is 10.8. The van der Waals surface area contributed by atoms with Crippen LogP contribution in [0.1, 0.15) is 42.2 Å². The lowest BCUT2D eigenvalue weighted by molar-refractivity contribution is -0.142. The van der Waals surface area contributed by atoms with Gasteiger partial charge in [0.2, 0.25) is 0 Å². The molecular formula is C27H32FN5O6. The van der Waals surface area contributed by atoms with Crippen molar-refractivity contribution >= 4 is 22.8 Å². The number of nitrogens with zero attached hydrogens (tertiary/aromatic N) is 3. The van der Waals surface area contributed by atoms with Crippen molar-refractivity contribution in [2.24, 2.45) is 5.92 Å². The van der Waals surface area contributed by atoms with E-state index in [4.69, 9.17) is 9.47 Å². The molecule has 12 heteroatoms. The number of piperidine rings is 1. The van der Waals surface area contributed by atoms with E-state index >= 15 is 0 Å². The highest BCUT2D eigenvalue weighted by molar-refractivity contribution is 6.09. The molecule has 1 saturated heterocycles. The van der Waals surface area contributed by atoms with Crippen molar-refractivity contribution in [2.75, 3.05) is 26.8 Å². The summed E-state index contributed by atoms with van der Waals surface area (Å²) < 4.78 is 26.0. The first-order chi connectivity index (χ1) is 18.7. The SMILES string of the molecule is COc1cc(OCC2CC2)c(-c2ncnc3c(C(=O)N[C@@H]4CCN(C(=O)[C@H](C)O)C[C@@H]4O)c(C)[nH]c23)cc1F. The summed E-state index contributed by atoms with van der Waals surface area (Å²) in [4.78, 5) is 38.8. The van der Waals surface area contributed by atoms with E-state index in [1.807, 2.05) is 0 Å². The molecule has 4 N–H and O–H groups in total. The Morgan fingerprint density at radius 1 is 1.26 bits per heavy atom. The molecule has 0 unspecified atom stereocenters. The molecule has 1 aliphatic carbocycles. The number of aliphatic hydroxyl groups excluding tert-OH is 2. The average molecular weight is 542 g/mol. The number of aryl methyl sites for hydroxylation is 1. The molecular weight excluding hydrogens is 509 g/mol. The van der Waals surface area contributed by atoms with E-state index in [9.17, 15) is 24.2 Å². The molecule has 3 atom stereocenters. The number of benzene rings is 1. The molecule has 5 rings (SSSR count). The van der Waals surface area contributed by atoms with Gasteiger partial charge in [-0.2, -0.15) is 0 Å². The number of amides is 2. The zero-order valence-electron chi connectivity index (χ0n) is 22.0. The van der Waals surface area contributed by atoms with Crippen LogP contribution in [0.2, 0.25) is 0 Å². The zero-order valence-corrected chi connectivity index (χ0v) is 22.0. The maximum Gasteiger partial charge on any atom is 0.255 e. The third-order valence-corrected chi connectivity index (χ3v) is 7.25. The average Bonchev–Trinajstić information content (AvgIpc) is 3.67. The Balaban J connectivity index is 1.43. The van der Waals surface area contributed by atoms with E-state index in [2.05, 4.69) is 20.3 Å². The van der Waals surface area contributed by atoms with Gasteiger partial charge in [-0.15, -0.1) is 0 Å². The number of carbonyl (C=O) groups is 2. The summed E-state index contributed by atoms with van der Waals surface area (Å²) >= 11 is 0. The monoisotopic (exact) mass is 541 g/mol. The summed E-state index contributed by atoms with van der Waals surface area (Å²) in [6.45, 7) is 3.89. The fourth-order valence-electron chi connectivity index (χ4n) is 4.90. The second-order valence-corrected chi connectivity index (χ2v) is 10.2. The van der Waals surface area contributed by atoms with Crippen molar-refractivity contribution in [2.45, 2.75) is 51.4 Å². The summed E-state index contributed by atoms with van der Waals surface area (Å²) in [5.74, 6) is -0.555. The Bertz CT molecular complexity index is 1410. The molecule has 2 aliphatic rings. The molecule has 2 aromatic heterocycles. The molecule has 1 saturated carbocycles. The number of ether oxygens (including phenoxy) is 2. The van der Waals surface area contributed by atoms with E-state index in [-0.39, 0.29) is 24.4 Å². The molecule has 208 valence electrons. The van der Waals surface area contributed by atoms with Crippen LogP contribution >= 0.6 is 0 Å². The van der Waals surface area contributed by atoms with Crippen molar-refractivity contribution in [3.05, 3.63) is 35.5 Å². The molecule has 2 fully saturated rings. The minimum absolute atomic E-state index is 0.000528. The van der Waals surface area contributed by atoms with Gasteiger partial charge in [-0.05, 0) is 45.1 Å². The maximum absolute atomic E-state index is 14.8. The number of halogens is 1. The molecule has 2 amide bonds. The number of hydrogen-bond donors (Lipinski definition) is 4. The first kappa shape index (κ1) is 26.8. The van der Waals surface area contributed by atoms with E-state index < -0.39 is 35.9 Å². The van der Waals surface area contributed by atoms with E-state index in [1.54, 1.807) is 6.92 Å². The minimum atomic E-state index is -1.16. The van der Waals surface area contributed by atoms with Gasteiger partial charge < -0.3 is 34.9 Å². The molecule has 3 heterocycles. The lowest BCUT2D eigenvalue weighted by Gasteiger charge is -2.36. The van der Waals surface area contributed by atoms with E-state index in [0.29, 0.717) is 52.7 Å². The van der Waals surface area contributed by atoms with Crippen LogP contribution in [0.5, 0.6) is 11.5 Å². The van der Waals surface area contributed by atoms with Crippen LogP contribution in [-0.4, -0.2) is 86.9 Å². The van der Waals surface area contributed by atoms with Crippen LogP contribution in [0, 0.1) is 18.7 Å². The normalized spacial score (nSPS) is 20.1. The maximum atomic E-state index is 14.8. The Morgan fingerprint density at radius 2 is 2.03 bits per heavy atom. The summed E-state index contributed by atoms with van der Waals surface area (Å²) in [6.07, 6.45) is 1.64. The third-order valence-electron chi connectivity index (χ3n) is 7.25. The van der Waals surface area contributed by atoms with Crippen molar-refractivity contribution < 1.29 is 33.7 Å². The smallest absolute Gasteiger partial charge is 0.255 e. The first-order valence-electron chi connectivity index (χ1n) is 13.0. The fraction of sp³-hybridized carbons (Fsp3) is 0.481. The molecule has 0 radical (unpaired) electrons. The van der Waals surface area contributed by atoms with Crippen LogP contribution in [0.4, 0.5) is 4.39 Å². The highest BCUT2D eigenvalue weighted by Crippen LogP contribution is 2.39. The van der Waals surface area contributed by atoms with Crippen molar-refractivity contribution in [3.63, 3.8) is 0 Å². The third kappa shape index (κ3) is 5.39. The molecule has 0 bridgehead atoms. The van der Waals surface area contributed by atoms with E-state index in [0.717, 1.165) is 12.8 Å². The molecule has 0 spiro atoms. The quantitative estimate of drug-likeness (QED) is 0.338. The number of likely N-dealkylation sites (tertiary alicyclic amines) is 1. The first-order valence-corrected chi connectivity index (χ1v) is 13.0. The van der Waals surface area contributed by atoms with Gasteiger partial charge in [-0.1, -0.05) is 0 Å². The van der Waals surface area contributed by atoms with Crippen LogP contribution < -0.4 is 14.8 Å². The molecule has 3 aromatic rings. The summed E-state index contributed by atoms with van der Waals surface area (Å²) in [7, 11) is 1.39. The molecule has 1 aromatic carbocycles. The van der Waals surface area contributed by atoms with Gasteiger partial charge in [0.25, 0.3) is 11.8 Å². The van der Waals surface area contributed by atoms with Gasteiger partial charge in [-0.25, -0.2) is 14.4 Å². The van der Waals surface area contributed by atoms with Gasteiger partial charge in [0.15, 0.2) is 11.6 Å². The Labute approximate surface area is 224 Å². The van der Waals surface area contributed by atoms with Crippen LogP contribution in [-0.2, 0) is 4.79 Å². The van der Waals surface area contributed by atoms with Gasteiger partial charge in [0, 0.05) is 30.4 Å². The number of nitrogens with one attached hydrogen (secondary N) is 2. The fourth-order valence-corrected chi connectivity index (χ4v) is 4.90. The van der Waals surface area contributed by atoms with Crippen molar-refractivity contribution in [3.8, 4) is 22.8 Å². The minimum Gasteiger partial charge on any atom is -0.494 e. The van der Waals surface area contributed by atoms with Gasteiger partial charge >= 0.3 is 0 Å². The molecule has 39 heavy (non-hydrogen) atoms. The highest BCUT2D eigenvalue weighted by Gasteiger charge is 2.33. The Morgan fingerprint density at radius 3 is 2.69 bits per heavy atom. The largest absolute Gasteiger partial charge is 0.494 e. The summed E-state index contributed by atoms with van der Waals surface area (Å²) in [5, 5.41) is 23.0. The predicted molar refractivity (Wildman–Crippen MR) is 139 cm³/mol. The lowest BCUT2D eigenvalue weighted by Crippen LogP contribution is -2.56. The number of fused-ring (bicyclic) bond motifs is 1.